The van der Waals surface area contributed by atoms with Crippen molar-refractivity contribution in [1.82, 2.24) is 14.1 Å². The van der Waals surface area contributed by atoms with Gasteiger partial charge in [0.05, 0.1) is 22.4 Å². The van der Waals surface area contributed by atoms with Crippen molar-refractivity contribution in [3.63, 3.8) is 0 Å². The van der Waals surface area contributed by atoms with Crippen LogP contribution in [0.4, 0.5) is 4.39 Å². The molecule has 0 radical (unpaired) electrons. The minimum atomic E-state index is -3.76. The zero-order chi connectivity index (χ0) is 24.1. The monoisotopic (exact) mass is 484 g/mol. The molecule has 2 aromatic carbocycles. The molecule has 2 heterocycles. The van der Waals surface area contributed by atoms with Gasteiger partial charge in [0.25, 0.3) is 0 Å². The Morgan fingerprint density at radius 3 is 2.41 bits per heavy atom. The van der Waals surface area contributed by atoms with Crippen molar-refractivity contribution in [1.29, 1.82) is 5.26 Å². The second kappa shape index (κ2) is 10.6. The van der Waals surface area contributed by atoms with Gasteiger partial charge < -0.3 is 4.90 Å². The van der Waals surface area contributed by atoms with Crippen LogP contribution in [-0.2, 0) is 21.4 Å². The molecule has 4 rings (SSSR count). The van der Waals surface area contributed by atoms with E-state index in [1.807, 2.05) is 29.2 Å². The molecule has 2 aliphatic rings. The van der Waals surface area contributed by atoms with Gasteiger partial charge in [0.1, 0.15) is 5.82 Å². The lowest BCUT2D eigenvalue weighted by molar-refractivity contribution is -0.136. The molecule has 2 aromatic rings. The number of carbonyl (C=O) groups excluding carboxylic acids is 1. The van der Waals surface area contributed by atoms with Gasteiger partial charge in [-0.1, -0.05) is 12.1 Å². The SMILES string of the molecule is N#Cc1ccc(CN2CCCN(C(=O)C3CCCN(S(=O)(=O)c4ccc(F)cc4)C3)CC2)cc1. The maximum absolute atomic E-state index is 13.3. The topological polar surface area (TPSA) is 84.7 Å². The van der Waals surface area contributed by atoms with E-state index in [0.717, 1.165) is 43.8 Å². The summed E-state index contributed by atoms with van der Waals surface area (Å²) in [5.41, 5.74) is 1.77. The Hall–Kier alpha value is -2.80. The van der Waals surface area contributed by atoms with Crippen LogP contribution in [0.3, 0.4) is 0 Å². The largest absolute Gasteiger partial charge is 0.341 e. The summed E-state index contributed by atoms with van der Waals surface area (Å²) in [6.45, 7) is 4.17. The van der Waals surface area contributed by atoms with Crippen LogP contribution >= 0.6 is 0 Å². The van der Waals surface area contributed by atoms with Crippen molar-refractivity contribution in [3.8, 4) is 6.07 Å². The summed E-state index contributed by atoms with van der Waals surface area (Å²) < 4.78 is 40.6. The van der Waals surface area contributed by atoms with Crippen LogP contribution in [0.1, 0.15) is 30.4 Å². The molecule has 1 atom stereocenters. The van der Waals surface area contributed by atoms with Crippen LogP contribution in [0.25, 0.3) is 0 Å². The van der Waals surface area contributed by atoms with Gasteiger partial charge in [-0.3, -0.25) is 9.69 Å². The number of nitrogens with zero attached hydrogens (tertiary/aromatic N) is 4. The fraction of sp³-hybridized carbons (Fsp3) is 0.440. The summed E-state index contributed by atoms with van der Waals surface area (Å²) >= 11 is 0. The Kier molecular flexibility index (Phi) is 7.61. The standard InChI is InChI=1S/C25H29FN4O3S/c26-23-8-10-24(11-9-23)34(32,33)30-14-1-3-22(19-30)25(31)29-13-2-12-28(15-16-29)18-21-6-4-20(17-27)5-7-21/h4-11,22H,1-3,12-16,18-19H2. The lowest BCUT2D eigenvalue weighted by Gasteiger charge is -2.34. The fourth-order valence-electron chi connectivity index (χ4n) is 4.67. The Labute approximate surface area is 200 Å². The number of hydrogen-bond acceptors (Lipinski definition) is 5. The van der Waals surface area contributed by atoms with E-state index < -0.39 is 15.8 Å². The van der Waals surface area contributed by atoms with E-state index in [2.05, 4.69) is 11.0 Å². The van der Waals surface area contributed by atoms with E-state index in [4.69, 9.17) is 5.26 Å². The maximum atomic E-state index is 13.3. The summed E-state index contributed by atoms with van der Waals surface area (Å²) in [6.07, 6.45) is 2.14. The normalized spacial score (nSPS) is 20.5. The highest BCUT2D eigenvalue weighted by Gasteiger charge is 2.35. The summed E-state index contributed by atoms with van der Waals surface area (Å²) in [7, 11) is -3.76. The summed E-state index contributed by atoms with van der Waals surface area (Å²) in [5.74, 6) is -0.840. The van der Waals surface area contributed by atoms with Crippen molar-refractivity contribution in [3.05, 3.63) is 65.5 Å². The van der Waals surface area contributed by atoms with Crippen LogP contribution < -0.4 is 0 Å². The van der Waals surface area contributed by atoms with Gasteiger partial charge in [0.15, 0.2) is 0 Å². The first-order valence-corrected chi connectivity index (χ1v) is 13.1. The third-order valence-electron chi connectivity index (χ3n) is 6.57. The first-order chi connectivity index (χ1) is 16.4. The first-order valence-electron chi connectivity index (χ1n) is 11.6. The quantitative estimate of drug-likeness (QED) is 0.652. The molecule has 0 N–H and O–H groups in total. The average molecular weight is 485 g/mol. The highest BCUT2D eigenvalue weighted by molar-refractivity contribution is 7.89. The number of nitriles is 1. The summed E-state index contributed by atoms with van der Waals surface area (Å²) in [6, 6.07) is 14.5. The predicted octanol–water partition coefficient (Wildman–Crippen LogP) is 2.83. The molecule has 2 aliphatic heterocycles. The lowest BCUT2D eigenvalue weighted by atomic mass is 9.98. The molecular formula is C25H29FN4O3S. The molecule has 0 saturated carbocycles. The Balaban J connectivity index is 1.35. The molecule has 0 spiro atoms. The van der Waals surface area contributed by atoms with E-state index >= 15 is 0 Å². The predicted molar refractivity (Wildman–Crippen MR) is 126 cm³/mol. The van der Waals surface area contributed by atoms with Crippen molar-refractivity contribution >= 4 is 15.9 Å². The second-order valence-corrected chi connectivity index (χ2v) is 10.9. The fourth-order valence-corrected chi connectivity index (χ4v) is 6.19. The molecule has 1 amide bonds. The molecule has 7 nitrogen and oxygen atoms in total. The summed E-state index contributed by atoms with van der Waals surface area (Å²) in [5, 5.41) is 8.96. The van der Waals surface area contributed by atoms with Crippen molar-refractivity contribution in [2.45, 2.75) is 30.7 Å². The van der Waals surface area contributed by atoms with Crippen molar-refractivity contribution in [2.24, 2.45) is 5.92 Å². The van der Waals surface area contributed by atoms with Gasteiger partial charge in [0, 0.05) is 45.8 Å². The van der Waals surface area contributed by atoms with Crippen molar-refractivity contribution in [2.75, 3.05) is 39.3 Å². The van der Waals surface area contributed by atoms with E-state index in [0.29, 0.717) is 38.0 Å². The zero-order valence-corrected chi connectivity index (χ0v) is 19.9. The van der Waals surface area contributed by atoms with E-state index in [1.165, 1.54) is 16.4 Å². The number of rotatable bonds is 5. The Morgan fingerprint density at radius 1 is 0.971 bits per heavy atom. The average Bonchev–Trinajstić information content (AvgIpc) is 3.10. The molecule has 0 bridgehead atoms. The minimum Gasteiger partial charge on any atom is -0.341 e. The summed E-state index contributed by atoms with van der Waals surface area (Å²) in [4.78, 5) is 17.5. The van der Waals surface area contributed by atoms with Crippen LogP contribution in [0.15, 0.2) is 53.4 Å². The minimum absolute atomic E-state index is 0.0132. The zero-order valence-electron chi connectivity index (χ0n) is 19.1. The molecule has 2 saturated heterocycles. The molecule has 34 heavy (non-hydrogen) atoms. The van der Waals surface area contributed by atoms with E-state index in [9.17, 15) is 17.6 Å². The number of halogens is 1. The van der Waals surface area contributed by atoms with E-state index in [1.54, 1.807) is 0 Å². The number of hydrogen-bond donors (Lipinski definition) is 0. The highest BCUT2D eigenvalue weighted by Crippen LogP contribution is 2.26. The maximum Gasteiger partial charge on any atom is 0.243 e. The molecule has 0 aromatic heterocycles. The van der Waals surface area contributed by atoms with Crippen LogP contribution in [0.2, 0.25) is 0 Å². The molecule has 180 valence electrons. The number of benzene rings is 2. The number of carbonyl (C=O) groups is 1. The lowest BCUT2D eigenvalue weighted by Crippen LogP contribution is -2.47. The van der Waals surface area contributed by atoms with Gasteiger partial charge in [-0.15, -0.1) is 0 Å². The number of amides is 1. The van der Waals surface area contributed by atoms with E-state index in [-0.39, 0.29) is 23.3 Å². The molecule has 2 fully saturated rings. The van der Waals surface area contributed by atoms with Crippen LogP contribution in [-0.4, -0.2) is 67.7 Å². The molecule has 1 unspecified atom stereocenters. The van der Waals surface area contributed by atoms with Gasteiger partial charge >= 0.3 is 0 Å². The third-order valence-corrected chi connectivity index (χ3v) is 8.45. The van der Waals surface area contributed by atoms with Gasteiger partial charge in [-0.05, 0) is 61.2 Å². The number of piperidine rings is 1. The number of sulfonamides is 1. The van der Waals surface area contributed by atoms with Gasteiger partial charge in [0.2, 0.25) is 15.9 Å². The molecule has 0 aliphatic carbocycles. The van der Waals surface area contributed by atoms with Crippen molar-refractivity contribution < 1.29 is 17.6 Å². The Morgan fingerprint density at radius 2 is 1.71 bits per heavy atom. The van der Waals surface area contributed by atoms with Crippen LogP contribution in [0, 0.1) is 23.1 Å². The highest BCUT2D eigenvalue weighted by atomic mass is 32.2. The van der Waals surface area contributed by atoms with Crippen LogP contribution in [0.5, 0.6) is 0 Å². The third kappa shape index (κ3) is 5.63. The smallest absolute Gasteiger partial charge is 0.243 e. The van der Waals surface area contributed by atoms with Gasteiger partial charge in [-0.2, -0.15) is 9.57 Å². The second-order valence-electron chi connectivity index (χ2n) is 8.92. The molecule has 9 heteroatoms. The molecular weight excluding hydrogens is 455 g/mol. The van der Waals surface area contributed by atoms with Gasteiger partial charge in [-0.25, -0.2) is 12.8 Å². The first kappa shape index (κ1) is 24.3. The Bertz CT molecular complexity index is 1150.